The van der Waals surface area contributed by atoms with Crippen LogP contribution < -0.4 is 4.74 Å². The smallest absolute Gasteiger partial charge is 0.181 e. The van der Waals surface area contributed by atoms with E-state index in [-0.39, 0.29) is 11.9 Å². The van der Waals surface area contributed by atoms with Gasteiger partial charge in [-0.05, 0) is 119 Å². The first-order valence-corrected chi connectivity index (χ1v) is 12.3. The molecular weight excluding hydrogens is 439 g/mol. The lowest BCUT2D eigenvalue weighted by Gasteiger charge is -2.19. The van der Waals surface area contributed by atoms with Crippen LogP contribution in [0.1, 0.15) is 59.6 Å². The molecule has 2 aliphatic rings. The Labute approximate surface area is 205 Å². The first-order valence-electron chi connectivity index (χ1n) is 12.3. The summed E-state index contributed by atoms with van der Waals surface area (Å²) in [4.78, 5) is 0. The minimum Gasteiger partial charge on any atom is -0.486 e. The summed E-state index contributed by atoms with van der Waals surface area (Å²) >= 11 is 0. The Morgan fingerprint density at radius 3 is 2.37 bits per heavy atom. The Morgan fingerprint density at radius 1 is 1.03 bits per heavy atom. The average Bonchev–Trinajstić information content (AvgIpc) is 3.19. The Kier molecular flexibility index (Phi) is 5.20. The summed E-state index contributed by atoms with van der Waals surface area (Å²) in [5, 5.41) is 11.9. The summed E-state index contributed by atoms with van der Waals surface area (Å²) in [7, 11) is 1.83. The largest absolute Gasteiger partial charge is 0.486 e. The molecule has 0 amide bonds. The van der Waals surface area contributed by atoms with Gasteiger partial charge in [0.2, 0.25) is 0 Å². The number of tetrazole rings is 1. The number of hydrogen-bond acceptors (Lipinski definition) is 4. The molecule has 0 radical (unpaired) electrons. The number of hydrogen-bond donors (Lipinski definition) is 0. The Bertz CT molecular complexity index is 1400. The van der Waals surface area contributed by atoms with Crippen LogP contribution in [0.25, 0.3) is 22.5 Å². The van der Waals surface area contributed by atoms with E-state index in [2.05, 4.69) is 60.6 Å². The van der Waals surface area contributed by atoms with Crippen molar-refractivity contribution >= 4 is 0 Å². The van der Waals surface area contributed by atoms with Gasteiger partial charge in [-0.1, -0.05) is 25.1 Å². The van der Waals surface area contributed by atoms with E-state index >= 15 is 4.39 Å². The van der Waals surface area contributed by atoms with Crippen molar-refractivity contribution in [2.75, 3.05) is 0 Å². The number of aromatic nitrogens is 4. The lowest BCUT2D eigenvalue weighted by atomic mass is 9.89. The summed E-state index contributed by atoms with van der Waals surface area (Å²) in [5.41, 5.74) is 8.56. The van der Waals surface area contributed by atoms with Gasteiger partial charge in [-0.3, -0.25) is 0 Å². The molecule has 0 saturated heterocycles. The monoisotopic (exact) mass is 468 g/mol. The van der Waals surface area contributed by atoms with Crippen LogP contribution in [0.2, 0.25) is 0 Å². The predicted octanol–water partition coefficient (Wildman–Crippen LogP) is 6.49. The highest BCUT2D eigenvalue weighted by atomic mass is 19.1. The molecule has 0 N–H and O–H groups in total. The van der Waals surface area contributed by atoms with E-state index in [0.29, 0.717) is 11.5 Å². The van der Waals surface area contributed by atoms with Crippen LogP contribution in [0.15, 0.2) is 48.5 Å². The van der Waals surface area contributed by atoms with E-state index < -0.39 is 0 Å². The Hall–Kier alpha value is -3.54. The topological polar surface area (TPSA) is 52.8 Å². The van der Waals surface area contributed by atoms with Gasteiger partial charge in [-0.25, -0.2) is 9.07 Å². The fraction of sp³-hybridized carbons (Fsp3) is 0.345. The number of halogens is 1. The standard InChI is InChI=1S/C29H29FN4O/c1-16-15-24(16)19-5-7-21(8-6-19)35-26-12-10-23-22(9-11-25(30)28(23)26)27-17(2)13-20(14-18(27)3)29-31-32-33-34(29)4/h5-9,11,13-14,16,24,26H,10,12,15H2,1-4H3. The quantitative estimate of drug-likeness (QED) is 0.336. The van der Waals surface area contributed by atoms with Crippen LogP contribution in [-0.4, -0.2) is 20.2 Å². The summed E-state index contributed by atoms with van der Waals surface area (Å²) in [5.74, 6) is 2.79. The molecule has 1 aromatic heterocycles. The van der Waals surface area contributed by atoms with Crippen LogP contribution in [0.5, 0.6) is 5.75 Å². The van der Waals surface area contributed by atoms with Gasteiger partial charge in [0.1, 0.15) is 17.7 Å². The van der Waals surface area contributed by atoms with Gasteiger partial charge in [0, 0.05) is 18.2 Å². The third-order valence-corrected chi connectivity index (χ3v) is 7.66. The van der Waals surface area contributed by atoms with Crippen LogP contribution in [0.3, 0.4) is 0 Å². The van der Waals surface area contributed by atoms with E-state index in [9.17, 15) is 0 Å². The molecule has 178 valence electrons. The van der Waals surface area contributed by atoms with Crippen LogP contribution >= 0.6 is 0 Å². The molecule has 1 fully saturated rings. The van der Waals surface area contributed by atoms with Gasteiger partial charge in [0.25, 0.3) is 0 Å². The molecule has 0 aliphatic heterocycles. The van der Waals surface area contributed by atoms with E-state index in [4.69, 9.17) is 4.74 Å². The van der Waals surface area contributed by atoms with Crippen LogP contribution in [0.4, 0.5) is 4.39 Å². The SMILES string of the molecule is Cc1cc(-c2nnnn2C)cc(C)c1-c1ccc(F)c2c1CCC2Oc1ccc(C2CC2C)cc1. The van der Waals surface area contributed by atoms with Crippen molar-refractivity contribution in [3.8, 4) is 28.3 Å². The summed E-state index contributed by atoms with van der Waals surface area (Å²) in [6.07, 6.45) is 2.55. The Balaban J connectivity index is 1.33. The summed E-state index contributed by atoms with van der Waals surface area (Å²) in [6, 6.07) is 16.1. The second-order valence-electron chi connectivity index (χ2n) is 10.1. The van der Waals surface area contributed by atoms with Gasteiger partial charge < -0.3 is 4.74 Å². The molecule has 2 aliphatic carbocycles. The number of nitrogens with zero attached hydrogens (tertiary/aromatic N) is 4. The lowest BCUT2D eigenvalue weighted by Crippen LogP contribution is -2.06. The highest BCUT2D eigenvalue weighted by Gasteiger charge is 2.34. The van der Waals surface area contributed by atoms with E-state index in [1.165, 1.54) is 12.0 Å². The fourth-order valence-corrected chi connectivity index (χ4v) is 5.76. The van der Waals surface area contributed by atoms with E-state index in [1.54, 1.807) is 10.7 Å². The van der Waals surface area contributed by atoms with Crippen LogP contribution in [0, 0.1) is 25.6 Å². The van der Waals surface area contributed by atoms with Crippen molar-refractivity contribution in [3.63, 3.8) is 0 Å². The number of rotatable bonds is 5. The molecule has 3 aromatic carbocycles. The second kappa shape index (κ2) is 8.29. The zero-order valence-electron chi connectivity index (χ0n) is 20.5. The first-order chi connectivity index (χ1) is 16.9. The normalized spacial score (nSPS) is 20.7. The highest BCUT2D eigenvalue weighted by molar-refractivity contribution is 5.78. The molecule has 6 rings (SSSR count). The van der Waals surface area contributed by atoms with Crippen molar-refractivity contribution in [2.24, 2.45) is 13.0 Å². The molecule has 6 heteroatoms. The fourth-order valence-electron chi connectivity index (χ4n) is 5.76. The lowest BCUT2D eigenvalue weighted by molar-refractivity contribution is 0.203. The summed E-state index contributed by atoms with van der Waals surface area (Å²) in [6.45, 7) is 6.47. The molecule has 0 spiro atoms. The minimum absolute atomic E-state index is 0.188. The van der Waals surface area contributed by atoms with E-state index in [0.717, 1.165) is 63.7 Å². The van der Waals surface area contributed by atoms with Crippen molar-refractivity contribution in [1.82, 2.24) is 20.2 Å². The maximum absolute atomic E-state index is 15.2. The molecule has 1 heterocycles. The number of benzene rings is 3. The summed E-state index contributed by atoms with van der Waals surface area (Å²) < 4.78 is 23.2. The van der Waals surface area contributed by atoms with Crippen molar-refractivity contribution < 1.29 is 9.13 Å². The zero-order chi connectivity index (χ0) is 24.3. The van der Waals surface area contributed by atoms with E-state index in [1.807, 2.05) is 25.2 Å². The van der Waals surface area contributed by atoms with Gasteiger partial charge in [-0.2, -0.15) is 0 Å². The minimum atomic E-state index is -0.278. The molecule has 35 heavy (non-hydrogen) atoms. The molecule has 3 unspecified atom stereocenters. The third-order valence-electron chi connectivity index (χ3n) is 7.66. The van der Waals surface area contributed by atoms with Gasteiger partial charge in [0.05, 0.1) is 0 Å². The highest BCUT2D eigenvalue weighted by Crippen LogP contribution is 2.48. The Morgan fingerprint density at radius 2 is 1.74 bits per heavy atom. The second-order valence-corrected chi connectivity index (χ2v) is 10.1. The van der Waals surface area contributed by atoms with Gasteiger partial charge in [-0.15, -0.1) is 5.10 Å². The molecule has 3 atom stereocenters. The molecule has 1 saturated carbocycles. The zero-order valence-corrected chi connectivity index (χ0v) is 20.5. The molecule has 0 bridgehead atoms. The van der Waals surface area contributed by atoms with Crippen molar-refractivity contribution in [1.29, 1.82) is 0 Å². The third kappa shape index (κ3) is 3.81. The first kappa shape index (κ1) is 22.0. The number of aryl methyl sites for hydroxylation is 3. The molecule has 5 nitrogen and oxygen atoms in total. The molecule has 4 aromatic rings. The average molecular weight is 469 g/mol. The van der Waals surface area contributed by atoms with Crippen molar-refractivity contribution in [3.05, 3.63) is 82.2 Å². The van der Waals surface area contributed by atoms with Gasteiger partial charge in [0.15, 0.2) is 5.82 Å². The van der Waals surface area contributed by atoms with Crippen LogP contribution in [-0.2, 0) is 13.5 Å². The maximum Gasteiger partial charge on any atom is 0.181 e. The van der Waals surface area contributed by atoms with Gasteiger partial charge >= 0.3 is 0 Å². The maximum atomic E-state index is 15.2. The number of fused-ring (bicyclic) bond motifs is 1. The number of ether oxygens (including phenoxy) is 1. The molecular formula is C29H29FN4O. The van der Waals surface area contributed by atoms with Crippen molar-refractivity contribution in [2.45, 2.75) is 52.1 Å². The predicted molar refractivity (Wildman–Crippen MR) is 134 cm³/mol.